The fraction of sp³-hybridized carbons (Fsp3) is 0.286. The van der Waals surface area contributed by atoms with Crippen molar-refractivity contribution >= 4 is 22.1 Å². The number of rotatable bonds is 2. The second-order valence-corrected chi connectivity index (χ2v) is 7.98. The van der Waals surface area contributed by atoms with Crippen molar-refractivity contribution in [2.24, 2.45) is 0 Å². The van der Waals surface area contributed by atoms with Crippen molar-refractivity contribution in [3.63, 3.8) is 0 Å². The Morgan fingerprint density at radius 3 is 2.80 bits per heavy atom. The smallest absolute Gasteiger partial charge is 0.128 e. The van der Waals surface area contributed by atoms with Gasteiger partial charge in [0.2, 0.25) is 0 Å². The van der Waals surface area contributed by atoms with Crippen molar-refractivity contribution in [3.8, 4) is 11.8 Å². The summed E-state index contributed by atoms with van der Waals surface area (Å²) >= 11 is 1.87. The Morgan fingerprint density at radius 2 is 2.00 bits per heavy atom. The molecule has 1 atom stereocenters. The normalized spacial score (nSPS) is 17.7. The second kappa shape index (κ2) is 6.51. The monoisotopic (exact) mass is 348 g/mol. The van der Waals surface area contributed by atoms with E-state index in [1.165, 1.54) is 15.3 Å². The number of nitrogens with zero attached hydrogens (tertiary/aromatic N) is 2. The minimum absolute atomic E-state index is 0.0567. The highest BCUT2D eigenvalue weighted by molar-refractivity contribution is 7.12. The number of thiophene rings is 1. The molecular formula is C21H20N2OS. The van der Waals surface area contributed by atoms with Gasteiger partial charge < -0.3 is 9.64 Å². The number of nitriles is 1. The molecule has 2 heterocycles. The van der Waals surface area contributed by atoms with Crippen molar-refractivity contribution < 1.29 is 4.74 Å². The lowest BCUT2D eigenvalue weighted by Crippen LogP contribution is -2.18. The van der Waals surface area contributed by atoms with E-state index in [-0.39, 0.29) is 6.10 Å². The van der Waals surface area contributed by atoms with Crippen LogP contribution in [-0.4, -0.2) is 18.5 Å². The van der Waals surface area contributed by atoms with Gasteiger partial charge in [0, 0.05) is 45.6 Å². The molecule has 0 bridgehead atoms. The van der Waals surface area contributed by atoms with Crippen LogP contribution < -0.4 is 4.74 Å². The van der Waals surface area contributed by atoms with Crippen molar-refractivity contribution in [2.45, 2.75) is 26.0 Å². The van der Waals surface area contributed by atoms with Gasteiger partial charge in [-0.3, -0.25) is 0 Å². The third-order valence-electron chi connectivity index (χ3n) is 4.77. The van der Waals surface area contributed by atoms with E-state index < -0.39 is 0 Å². The highest BCUT2D eigenvalue weighted by atomic mass is 32.1. The predicted octanol–water partition coefficient (Wildman–Crippen LogP) is 5.04. The molecule has 25 heavy (non-hydrogen) atoms. The van der Waals surface area contributed by atoms with E-state index in [1.54, 1.807) is 0 Å². The molecule has 126 valence electrons. The lowest BCUT2D eigenvalue weighted by Gasteiger charge is -2.20. The zero-order chi connectivity index (χ0) is 17.4. The minimum atomic E-state index is 0.0567. The lowest BCUT2D eigenvalue weighted by atomic mass is 10.0. The van der Waals surface area contributed by atoms with E-state index in [1.807, 2.05) is 47.7 Å². The Balaban J connectivity index is 1.76. The summed E-state index contributed by atoms with van der Waals surface area (Å²) in [5, 5.41) is 11.3. The van der Waals surface area contributed by atoms with Gasteiger partial charge >= 0.3 is 0 Å². The third kappa shape index (κ3) is 3.02. The van der Waals surface area contributed by atoms with Gasteiger partial charge in [-0.1, -0.05) is 24.3 Å². The SMILES string of the molecule is Cc1cc2c(s1)CN(C)CCC2Oc1ccc(C#N)c2ccccc12. The van der Waals surface area contributed by atoms with Crippen LogP contribution in [0.5, 0.6) is 5.75 Å². The zero-order valence-electron chi connectivity index (χ0n) is 14.5. The summed E-state index contributed by atoms with van der Waals surface area (Å²) in [5.41, 5.74) is 2.01. The number of hydrogen-bond acceptors (Lipinski definition) is 4. The number of fused-ring (bicyclic) bond motifs is 2. The van der Waals surface area contributed by atoms with Gasteiger partial charge in [-0.05, 0) is 32.2 Å². The first-order valence-electron chi connectivity index (χ1n) is 8.52. The van der Waals surface area contributed by atoms with Crippen LogP contribution in [0.3, 0.4) is 0 Å². The Bertz CT molecular complexity index is 970. The summed E-state index contributed by atoms with van der Waals surface area (Å²) in [6.07, 6.45) is 1.02. The maximum absolute atomic E-state index is 9.35. The first-order valence-corrected chi connectivity index (χ1v) is 9.33. The summed E-state index contributed by atoms with van der Waals surface area (Å²) in [6.45, 7) is 4.16. The molecule has 1 unspecified atom stereocenters. The number of benzene rings is 2. The zero-order valence-corrected chi connectivity index (χ0v) is 15.3. The summed E-state index contributed by atoms with van der Waals surface area (Å²) in [7, 11) is 2.17. The van der Waals surface area contributed by atoms with Crippen LogP contribution in [-0.2, 0) is 6.54 Å². The van der Waals surface area contributed by atoms with Crippen molar-refractivity contribution in [2.75, 3.05) is 13.6 Å². The standard InChI is InChI=1S/C21H20N2OS/c1-14-11-18-20(9-10-23(2)13-21(18)25-14)24-19-8-7-15(12-22)16-5-3-4-6-17(16)19/h3-8,11,20H,9-10,13H2,1-2H3. The van der Waals surface area contributed by atoms with Gasteiger partial charge in [-0.25, -0.2) is 0 Å². The number of hydrogen-bond donors (Lipinski definition) is 0. The molecule has 0 spiro atoms. The van der Waals surface area contributed by atoms with Crippen molar-refractivity contribution in [1.29, 1.82) is 5.26 Å². The first kappa shape index (κ1) is 16.1. The molecule has 0 saturated carbocycles. The maximum Gasteiger partial charge on any atom is 0.128 e. The number of ether oxygens (including phenoxy) is 1. The molecule has 4 rings (SSSR count). The lowest BCUT2D eigenvalue weighted by molar-refractivity contribution is 0.185. The van der Waals surface area contributed by atoms with Crippen molar-refractivity contribution in [1.82, 2.24) is 4.90 Å². The highest BCUT2D eigenvalue weighted by Crippen LogP contribution is 2.38. The molecule has 0 saturated heterocycles. The molecule has 0 N–H and O–H groups in total. The molecule has 1 aliphatic rings. The molecule has 1 aliphatic heterocycles. The maximum atomic E-state index is 9.35. The van der Waals surface area contributed by atoms with Gasteiger partial charge in [0.25, 0.3) is 0 Å². The average Bonchev–Trinajstić information content (AvgIpc) is 2.91. The summed E-state index contributed by atoms with van der Waals surface area (Å²) in [5.74, 6) is 0.860. The quantitative estimate of drug-likeness (QED) is 0.651. The van der Waals surface area contributed by atoms with E-state index in [2.05, 4.69) is 31.0 Å². The molecule has 3 aromatic rings. The molecule has 0 amide bonds. The highest BCUT2D eigenvalue weighted by Gasteiger charge is 2.25. The Labute approximate surface area is 152 Å². The molecule has 3 nitrogen and oxygen atoms in total. The molecule has 0 fully saturated rings. The number of aryl methyl sites for hydroxylation is 1. The van der Waals surface area contributed by atoms with E-state index >= 15 is 0 Å². The van der Waals surface area contributed by atoms with Gasteiger partial charge in [0.15, 0.2) is 0 Å². The fourth-order valence-corrected chi connectivity index (χ4v) is 4.71. The largest absolute Gasteiger partial charge is 0.485 e. The topological polar surface area (TPSA) is 36.3 Å². The van der Waals surface area contributed by atoms with Crippen molar-refractivity contribution in [3.05, 3.63) is 63.3 Å². The molecule has 2 aromatic carbocycles. The summed E-state index contributed by atoms with van der Waals surface area (Å²) < 4.78 is 6.51. The van der Waals surface area contributed by atoms with E-state index in [4.69, 9.17) is 4.74 Å². The Kier molecular flexibility index (Phi) is 4.20. The summed E-state index contributed by atoms with van der Waals surface area (Å²) in [6, 6.07) is 16.3. The Hall–Kier alpha value is -2.35. The van der Waals surface area contributed by atoms with Crippen LogP contribution in [0.25, 0.3) is 10.8 Å². The predicted molar refractivity (Wildman–Crippen MR) is 102 cm³/mol. The van der Waals surface area contributed by atoms with Crippen LogP contribution >= 0.6 is 11.3 Å². The van der Waals surface area contributed by atoms with Crippen LogP contribution in [0.2, 0.25) is 0 Å². The molecule has 0 aliphatic carbocycles. The van der Waals surface area contributed by atoms with Crippen LogP contribution in [0.1, 0.15) is 33.4 Å². The first-order chi connectivity index (χ1) is 12.2. The van der Waals surface area contributed by atoms with Gasteiger partial charge in [0.1, 0.15) is 11.9 Å². The third-order valence-corrected chi connectivity index (χ3v) is 5.82. The van der Waals surface area contributed by atoms with Crippen LogP contribution in [0.4, 0.5) is 0 Å². The van der Waals surface area contributed by atoms with E-state index in [0.29, 0.717) is 5.56 Å². The van der Waals surface area contributed by atoms with Crippen LogP contribution in [0.15, 0.2) is 42.5 Å². The second-order valence-electron chi connectivity index (χ2n) is 6.64. The molecule has 4 heteroatoms. The Morgan fingerprint density at radius 1 is 1.20 bits per heavy atom. The van der Waals surface area contributed by atoms with E-state index in [9.17, 15) is 5.26 Å². The molecule has 0 radical (unpaired) electrons. The molecule has 1 aromatic heterocycles. The minimum Gasteiger partial charge on any atom is -0.485 e. The van der Waals surface area contributed by atoms with Gasteiger partial charge in [-0.15, -0.1) is 11.3 Å². The van der Waals surface area contributed by atoms with Crippen LogP contribution in [0, 0.1) is 18.3 Å². The van der Waals surface area contributed by atoms with Gasteiger partial charge in [0.05, 0.1) is 11.6 Å². The molecular weight excluding hydrogens is 328 g/mol. The van der Waals surface area contributed by atoms with E-state index in [0.717, 1.165) is 36.0 Å². The van der Waals surface area contributed by atoms with Gasteiger partial charge in [-0.2, -0.15) is 5.26 Å². The fourth-order valence-electron chi connectivity index (χ4n) is 3.54. The summed E-state index contributed by atoms with van der Waals surface area (Å²) in [4.78, 5) is 5.09. The average molecular weight is 348 g/mol.